The Balaban J connectivity index is 0.000000499. The lowest BCUT2D eigenvalue weighted by molar-refractivity contribution is -0.117. The van der Waals surface area contributed by atoms with E-state index in [-0.39, 0.29) is 5.91 Å². The molecule has 0 bridgehead atoms. The summed E-state index contributed by atoms with van der Waals surface area (Å²) in [5, 5.41) is 4.76. The van der Waals surface area contributed by atoms with Gasteiger partial charge in [-0.25, -0.2) is 0 Å². The van der Waals surface area contributed by atoms with Crippen molar-refractivity contribution < 1.29 is 9.53 Å². The van der Waals surface area contributed by atoms with Crippen LogP contribution in [0.5, 0.6) is 0 Å². The van der Waals surface area contributed by atoms with Gasteiger partial charge < -0.3 is 15.0 Å². The molecular formula is C28H28ClN3O2. The Morgan fingerprint density at radius 3 is 2.44 bits per heavy atom. The van der Waals surface area contributed by atoms with Gasteiger partial charge in [-0.2, -0.15) is 0 Å². The highest BCUT2D eigenvalue weighted by atomic mass is 35.5. The second kappa shape index (κ2) is 11.1. The molecule has 0 fully saturated rings. The minimum Gasteiger partial charge on any atom is -0.382 e. The molecule has 34 heavy (non-hydrogen) atoms. The first-order valence-electron chi connectivity index (χ1n) is 11.5. The van der Waals surface area contributed by atoms with Gasteiger partial charge in [-0.1, -0.05) is 60.1 Å². The van der Waals surface area contributed by atoms with Crippen LogP contribution in [0.3, 0.4) is 0 Å². The number of H-pyrrole nitrogens is 1. The van der Waals surface area contributed by atoms with Gasteiger partial charge >= 0.3 is 0 Å². The van der Waals surface area contributed by atoms with Gasteiger partial charge in [0.1, 0.15) is 6.04 Å². The van der Waals surface area contributed by atoms with Crippen LogP contribution < -0.4 is 5.32 Å². The van der Waals surface area contributed by atoms with E-state index in [0.717, 1.165) is 52.2 Å². The molecule has 0 aliphatic carbocycles. The second-order valence-corrected chi connectivity index (χ2v) is 8.32. The van der Waals surface area contributed by atoms with Crippen molar-refractivity contribution in [2.75, 3.05) is 18.5 Å². The predicted octanol–water partition coefficient (Wildman–Crippen LogP) is 6.26. The van der Waals surface area contributed by atoms with Crippen LogP contribution in [-0.2, 0) is 16.0 Å². The van der Waals surface area contributed by atoms with Crippen LogP contribution in [0.1, 0.15) is 30.5 Å². The zero-order valence-corrected chi connectivity index (χ0v) is 20.1. The first-order chi connectivity index (χ1) is 16.6. The zero-order valence-electron chi connectivity index (χ0n) is 19.3. The summed E-state index contributed by atoms with van der Waals surface area (Å²) in [4.78, 5) is 21.2. The maximum atomic E-state index is 13.0. The van der Waals surface area contributed by atoms with Gasteiger partial charge in [-0.3, -0.25) is 9.79 Å². The molecule has 3 aromatic carbocycles. The Morgan fingerprint density at radius 2 is 1.71 bits per heavy atom. The summed E-state index contributed by atoms with van der Waals surface area (Å²) in [7, 11) is 0. The number of nitrogens with one attached hydrogen (secondary N) is 2. The van der Waals surface area contributed by atoms with E-state index in [9.17, 15) is 4.79 Å². The number of carbonyl (C=O) groups is 1. The van der Waals surface area contributed by atoms with Gasteiger partial charge in [0.15, 0.2) is 0 Å². The number of hydrogen-bond acceptors (Lipinski definition) is 3. The van der Waals surface area contributed by atoms with Gasteiger partial charge in [-0.15, -0.1) is 0 Å². The van der Waals surface area contributed by atoms with E-state index < -0.39 is 6.04 Å². The second-order valence-electron chi connectivity index (χ2n) is 7.88. The summed E-state index contributed by atoms with van der Waals surface area (Å²) in [6.07, 6.45) is 2.47. The lowest BCUT2D eigenvalue weighted by Gasteiger charge is -2.11. The van der Waals surface area contributed by atoms with E-state index in [1.54, 1.807) is 6.07 Å². The number of aromatic amines is 1. The van der Waals surface area contributed by atoms with Gasteiger partial charge in [0.25, 0.3) is 0 Å². The largest absolute Gasteiger partial charge is 0.382 e. The normalized spacial score (nSPS) is 15.0. The number of benzene rings is 3. The number of hydrogen-bond donors (Lipinski definition) is 2. The fourth-order valence-electron chi connectivity index (χ4n) is 4.00. The summed E-state index contributed by atoms with van der Waals surface area (Å²) in [6, 6.07) is 22.9. The lowest BCUT2D eigenvalue weighted by atomic mass is 10.0. The molecule has 6 heteroatoms. The van der Waals surface area contributed by atoms with Crippen LogP contribution in [0.25, 0.3) is 10.9 Å². The van der Waals surface area contributed by atoms with E-state index in [1.165, 1.54) is 0 Å². The Kier molecular flexibility index (Phi) is 7.78. The maximum absolute atomic E-state index is 13.0. The molecule has 2 N–H and O–H groups in total. The van der Waals surface area contributed by atoms with E-state index in [1.807, 2.05) is 80.7 Å². The third-order valence-corrected chi connectivity index (χ3v) is 5.86. The summed E-state index contributed by atoms with van der Waals surface area (Å²) in [5.41, 5.74) is 5.41. The number of aromatic nitrogens is 1. The monoisotopic (exact) mass is 473 g/mol. The molecular weight excluding hydrogens is 446 g/mol. The standard InChI is InChI=1S/C24H18ClN3O.C4H10O/c25-17-10-11-21-19(13-17)23(15-6-2-1-3-7-15)27-22(24(29)28-21)12-16-14-26-20-9-5-4-8-18(16)20;1-3-5-4-2/h1-11,13-14,22,26H,12H2,(H,28,29);3-4H2,1-2H3/t22-;/m1./s1. The Morgan fingerprint density at radius 1 is 0.971 bits per heavy atom. The van der Waals surface area contributed by atoms with Crippen LogP contribution in [0, 0.1) is 0 Å². The van der Waals surface area contributed by atoms with Crippen molar-refractivity contribution in [3.05, 3.63) is 101 Å². The Labute approximate surface area is 204 Å². The van der Waals surface area contributed by atoms with Crippen LogP contribution >= 0.6 is 11.6 Å². The molecule has 174 valence electrons. The molecule has 1 amide bonds. The smallest absolute Gasteiger partial charge is 0.249 e. The van der Waals surface area contributed by atoms with Crippen molar-refractivity contribution in [1.82, 2.24) is 4.98 Å². The van der Waals surface area contributed by atoms with Crippen molar-refractivity contribution >= 4 is 39.8 Å². The summed E-state index contributed by atoms with van der Waals surface area (Å²) >= 11 is 6.26. The zero-order chi connectivity index (χ0) is 23.9. The fourth-order valence-corrected chi connectivity index (χ4v) is 4.17. The molecule has 0 spiro atoms. The van der Waals surface area contributed by atoms with Gasteiger partial charge in [0.2, 0.25) is 5.91 Å². The molecule has 0 unspecified atom stereocenters. The number of amides is 1. The number of anilines is 1. The molecule has 1 aliphatic rings. The average Bonchev–Trinajstić information content (AvgIpc) is 3.21. The van der Waals surface area contributed by atoms with Crippen molar-refractivity contribution in [1.29, 1.82) is 0 Å². The van der Waals surface area contributed by atoms with Crippen molar-refractivity contribution in [2.24, 2.45) is 4.99 Å². The molecule has 5 nitrogen and oxygen atoms in total. The molecule has 0 radical (unpaired) electrons. The number of ether oxygens (including phenoxy) is 1. The van der Waals surface area contributed by atoms with Crippen LogP contribution in [-0.4, -0.2) is 35.9 Å². The number of nitrogens with zero attached hydrogens (tertiary/aromatic N) is 1. The van der Waals surface area contributed by atoms with Crippen LogP contribution in [0.15, 0.2) is 84.0 Å². The van der Waals surface area contributed by atoms with Gasteiger partial charge in [0.05, 0.1) is 11.4 Å². The van der Waals surface area contributed by atoms with Gasteiger partial charge in [-0.05, 0) is 43.7 Å². The molecule has 5 rings (SSSR count). The SMILES string of the molecule is CCOCC.O=C1Nc2ccc(Cl)cc2C(c2ccccc2)=N[C@@H]1Cc1c[nH]c2ccccc12. The summed E-state index contributed by atoms with van der Waals surface area (Å²) in [6.45, 7) is 5.67. The number of fused-ring (bicyclic) bond motifs is 2. The van der Waals surface area contributed by atoms with Crippen LogP contribution in [0.4, 0.5) is 5.69 Å². The fraction of sp³-hybridized carbons (Fsp3) is 0.214. The number of benzodiazepines with no additional fused rings is 1. The van der Waals surface area contributed by atoms with Crippen molar-refractivity contribution in [3.63, 3.8) is 0 Å². The molecule has 2 heterocycles. The topological polar surface area (TPSA) is 66.5 Å². The molecule has 1 atom stereocenters. The minimum atomic E-state index is -0.546. The predicted molar refractivity (Wildman–Crippen MR) is 140 cm³/mol. The molecule has 1 aromatic heterocycles. The third kappa shape index (κ3) is 5.38. The highest BCUT2D eigenvalue weighted by Gasteiger charge is 2.27. The first kappa shape index (κ1) is 23.7. The molecule has 1 aliphatic heterocycles. The molecule has 4 aromatic rings. The maximum Gasteiger partial charge on any atom is 0.249 e. The Bertz CT molecular complexity index is 1300. The van der Waals surface area contributed by atoms with Gasteiger partial charge in [0, 0.05) is 52.9 Å². The van der Waals surface area contributed by atoms with E-state index >= 15 is 0 Å². The van der Waals surface area contributed by atoms with Crippen molar-refractivity contribution in [2.45, 2.75) is 26.3 Å². The average molecular weight is 474 g/mol. The number of aliphatic imine (C=N–C) groups is 1. The molecule has 0 saturated heterocycles. The number of carbonyl (C=O) groups excluding carboxylic acids is 1. The minimum absolute atomic E-state index is 0.121. The quantitative estimate of drug-likeness (QED) is 0.359. The van der Waals surface area contributed by atoms with Crippen molar-refractivity contribution in [3.8, 4) is 0 Å². The highest BCUT2D eigenvalue weighted by Crippen LogP contribution is 2.29. The van der Waals surface area contributed by atoms with Crippen LogP contribution in [0.2, 0.25) is 5.02 Å². The van der Waals surface area contributed by atoms with E-state index in [0.29, 0.717) is 11.4 Å². The Hall–Kier alpha value is -3.41. The first-order valence-corrected chi connectivity index (χ1v) is 11.8. The van der Waals surface area contributed by atoms with E-state index in [2.05, 4.69) is 16.4 Å². The molecule has 0 saturated carbocycles. The number of para-hydroxylation sites is 1. The lowest BCUT2D eigenvalue weighted by Crippen LogP contribution is -2.27. The highest BCUT2D eigenvalue weighted by molar-refractivity contribution is 6.32. The number of rotatable bonds is 5. The third-order valence-electron chi connectivity index (χ3n) is 5.63. The van der Waals surface area contributed by atoms with E-state index in [4.69, 9.17) is 21.3 Å². The summed E-state index contributed by atoms with van der Waals surface area (Å²) in [5.74, 6) is -0.121. The number of halogens is 1. The summed E-state index contributed by atoms with van der Waals surface area (Å²) < 4.78 is 4.83.